The van der Waals surface area contributed by atoms with Crippen molar-refractivity contribution in [3.63, 3.8) is 0 Å². The second kappa shape index (κ2) is 5.68. The van der Waals surface area contributed by atoms with Crippen molar-refractivity contribution in [3.8, 4) is 6.07 Å². The Bertz CT molecular complexity index is 602. The van der Waals surface area contributed by atoms with Crippen LogP contribution < -0.4 is 4.90 Å². The van der Waals surface area contributed by atoms with Gasteiger partial charge in [-0.15, -0.1) is 0 Å². The SMILES string of the molecule is Cc1cc(C#N)c(Cl)c(Cl)c1N1CC[C@H](C(C)(C)O)[C@@H]1C. The molecule has 0 bridgehead atoms. The molecule has 1 heterocycles. The van der Waals surface area contributed by atoms with Gasteiger partial charge in [-0.2, -0.15) is 5.26 Å². The van der Waals surface area contributed by atoms with Gasteiger partial charge in [0.1, 0.15) is 6.07 Å². The molecule has 2 atom stereocenters. The van der Waals surface area contributed by atoms with Gasteiger partial charge in [-0.05, 0) is 45.7 Å². The van der Waals surface area contributed by atoms with Crippen molar-refractivity contribution < 1.29 is 5.11 Å². The van der Waals surface area contributed by atoms with Crippen molar-refractivity contribution in [2.75, 3.05) is 11.4 Å². The Morgan fingerprint density at radius 1 is 1.38 bits per heavy atom. The molecule has 1 aromatic rings. The first-order valence-corrected chi connectivity index (χ1v) is 7.81. The van der Waals surface area contributed by atoms with Crippen LogP contribution in [0.3, 0.4) is 0 Å². The first-order chi connectivity index (χ1) is 9.68. The Labute approximate surface area is 136 Å². The zero-order valence-electron chi connectivity index (χ0n) is 12.7. The summed E-state index contributed by atoms with van der Waals surface area (Å²) >= 11 is 12.6. The van der Waals surface area contributed by atoms with Gasteiger partial charge in [0.2, 0.25) is 0 Å². The van der Waals surface area contributed by atoms with Crippen LogP contribution >= 0.6 is 23.2 Å². The Kier molecular flexibility index (Phi) is 4.44. The number of hydrogen-bond acceptors (Lipinski definition) is 3. The van der Waals surface area contributed by atoms with Crippen molar-refractivity contribution >= 4 is 28.9 Å². The van der Waals surface area contributed by atoms with E-state index in [-0.39, 0.29) is 12.0 Å². The number of halogens is 2. The largest absolute Gasteiger partial charge is 0.390 e. The van der Waals surface area contributed by atoms with Crippen molar-refractivity contribution in [3.05, 3.63) is 27.2 Å². The van der Waals surface area contributed by atoms with E-state index in [0.29, 0.717) is 15.6 Å². The molecule has 1 aliphatic rings. The van der Waals surface area contributed by atoms with Gasteiger partial charge < -0.3 is 10.0 Å². The number of hydrogen-bond donors (Lipinski definition) is 1. The number of nitriles is 1. The number of aryl methyl sites for hydroxylation is 1. The lowest BCUT2D eigenvalue weighted by Gasteiger charge is -2.34. The zero-order chi connectivity index (χ0) is 15.9. The summed E-state index contributed by atoms with van der Waals surface area (Å²) in [4.78, 5) is 2.19. The molecule has 2 rings (SSSR count). The van der Waals surface area contributed by atoms with Crippen molar-refractivity contribution in [2.45, 2.75) is 45.8 Å². The van der Waals surface area contributed by atoms with E-state index in [0.717, 1.165) is 24.2 Å². The third-order valence-electron chi connectivity index (χ3n) is 4.44. The summed E-state index contributed by atoms with van der Waals surface area (Å²) in [6, 6.07) is 3.99. The topological polar surface area (TPSA) is 47.3 Å². The molecule has 114 valence electrons. The van der Waals surface area contributed by atoms with Gasteiger partial charge in [-0.25, -0.2) is 0 Å². The highest BCUT2D eigenvalue weighted by atomic mass is 35.5. The molecule has 0 spiro atoms. The summed E-state index contributed by atoms with van der Waals surface area (Å²) in [7, 11) is 0. The molecule has 0 amide bonds. The normalized spacial score (nSPS) is 22.5. The minimum atomic E-state index is -0.731. The Morgan fingerprint density at radius 3 is 2.48 bits per heavy atom. The maximum absolute atomic E-state index is 10.3. The predicted octanol–water partition coefficient (Wildman–Crippen LogP) is 4.16. The molecular weight excluding hydrogens is 307 g/mol. The van der Waals surface area contributed by atoms with E-state index in [1.54, 1.807) is 6.07 Å². The molecule has 0 unspecified atom stereocenters. The molecule has 1 fully saturated rings. The van der Waals surface area contributed by atoms with Gasteiger partial charge in [0, 0.05) is 18.5 Å². The molecule has 5 heteroatoms. The molecular formula is C16H20Cl2N2O. The van der Waals surface area contributed by atoms with Crippen LogP contribution in [0.2, 0.25) is 10.0 Å². The molecule has 1 N–H and O–H groups in total. The van der Waals surface area contributed by atoms with Crippen LogP contribution in [0.5, 0.6) is 0 Å². The smallest absolute Gasteiger partial charge is 0.101 e. The van der Waals surface area contributed by atoms with Gasteiger partial charge in [0.15, 0.2) is 0 Å². The Balaban J connectivity index is 2.46. The fourth-order valence-corrected chi connectivity index (χ4v) is 3.92. The van der Waals surface area contributed by atoms with Gasteiger partial charge in [0.05, 0.1) is 26.9 Å². The van der Waals surface area contributed by atoms with Crippen molar-refractivity contribution in [2.24, 2.45) is 5.92 Å². The highest BCUT2D eigenvalue weighted by molar-refractivity contribution is 6.44. The lowest BCUT2D eigenvalue weighted by atomic mass is 9.85. The quantitative estimate of drug-likeness (QED) is 0.887. The zero-order valence-corrected chi connectivity index (χ0v) is 14.3. The van der Waals surface area contributed by atoms with E-state index in [1.165, 1.54) is 0 Å². The maximum atomic E-state index is 10.3. The Morgan fingerprint density at radius 2 is 2.00 bits per heavy atom. The monoisotopic (exact) mass is 326 g/mol. The predicted molar refractivity (Wildman–Crippen MR) is 87.1 cm³/mol. The van der Waals surface area contributed by atoms with E-state index >= 15 is 0 Å². The van der Waals surface area contributed by atoms with E-state index in [9.17, 15) is 5.11 Å². The highest BCUT2D eigenvalue weighted by Crippen LogP contribution is 2.43. The van der Waals surface area contributed by atoms with Gasteiger partial charge in [0.25, 0.3) is 0 Å². The molecule has 0 saturated carbocycles. The summed E-state index contributed by atoms with van der Waals surface area (Å²) < 4.78 is 0. The van der Waals surface area contributed by atoms with E-state index < -0.39 is 5.60 Å². The van der Waals surface area contributed by atoms with Crippen LogP contribution in [0, 0.1) is 24.2 Å². The van der Waals surface area contributed by atoms with Crippen LogP contribution in [0.1, 0.15) is 38.3 Å². The van der Waals surface area contributed by atoms with Crippen LogP contribution in [-0.4, -0.2) is 23.3 Å². The van der Waals surface area contributed by atoms with Crippen LogP contribution in [0.25, 0.3) is 0 Å². The first-order valence-electron chi connectivity index (χ1n) is 7.06. The second-order valence-electron chi connectivity index (χ2n) is 6.31. The number of benzene rings is 1. The minimum absolute atomic E-state index is 0.158. The van der Waals surface area contributed by atoms with Gasteiger partial charge in [-0.3, -0.25) is 0 Å². The lowest BCUT2D eigenvalue weighted by Crippen LogP contribution is -2.40. The van der Waals surface area contributed by atoms with E-state index in [4.69, 9.17) is 28.5 Å². The molecule has 0 aromatic heterocycles. The molecule has 1 aromatic carbocycles. The maximum Gasteiger partial charge on any atom is 0.101 e. The highest BCUT2D eigenvalue weighted by Gasteiger charge is 2.40. The van der Waals surface area contributed by atoms with Crippen LogP contribution in [-0.2, 0) is 0 Å². The van der Waals surface area contributed by atoms with Crippen LogP contribution in [0.4, 0.5) is 5.69 Å². The van der Waals surface area contributed by atoms with Gasteiger partial charge >= 0.3 is 0 Å². The Hall–Kier alpha value is -0.950. The third kappa shape index (κ3) is 2.85. The number of rotatable bonds is 2. The fraction of sp³-hybridized carbons (Fsp3) is 0.562. The summed E-state index contributed by atoms with van der Waals surface area (Å²) in [5.41, 5.74) is 1.48. The number of aliphatic hydroxyl groups is 1. The average Bonchev–Trinajstić information content (AvgIpc) is 2.76. The number of anilines is 1. The molecule has 1 aliphatic heterocycles. The molecule has 21 heavy (non-hydrogen) atoms. The molecule has 3 nitrogen and oxygen atoms in total. The standard InChI is InChI=1S/C16H20Cl2N2O/c1-9-7-11(8-19)13(17)14(18)15(9)20-6-5-12(10(20)2)16(3,4)21/h7,10,12,21H,5-6H2,1-4H3/t10-,12-/m0/s1. The lowest BCUT2D eigenvalue weighted by molar-refractivity contribution is 0.0156. The second-order valence-corrected chi connectivity index (χ2v) is 7.07. The number of nitrogens with zero attached hydrogens (tertiary/aromatic N) is 2. The van der Waals surface area contributed by atoms with E-state index in [2.05, 4.69) is 17.9 Å². The summed E-state index contributed by atoms with van der Waals surface area (Å²) in [6.07, 6.45) is 0.901. The first kappa shape index (κ1) is 16.4. The summed E-state index contributed by atoms with van der Waals surface area (Å²) in [6.45, 7) is 8.54. The molecule has 0 aliphatic carbocycles. The third-order valence-corrected chi connectivity index (χ3v) is 5.30. The van der Waals surface area contributed by atoms with Crippen LogP contribution in [0.15, 0.2) is 6.07 Å². The average molecular weight is 327 g/mol. The summed E-state index contributed by atoms with van der Waals surface area (Å²) in [5, 5.41) is 20.1. The van der Waals surface area contributed by atoms with Crippen molar-refractivity contribution in [1.82, 2.24) is 0 Å². The van der Waals surface area contributed by atoms with Crippen molar-refractivity contribution in [1.29, 1.82) is 5.26 Å². The minimum Gasteiger partial charge on any atom is -0.390 e. The molecule has 1 saturated heterocycles. The fourth-order valence-electron chi connectivity index (χ4n) is 3.38. The van der Waals surface area contributed by atoms with E-state index in [1.807, 2.05) is 20.8 Å². The molecule has 0 radical (unpaired) electrons. The van der Waals surface area contributed by atoms with Gasteiger partial charge in [-0.1, -0.05) is 23.2 Å². The summed E-state index contributed by atoms with van der Waals surface area (Å²) in [5.74, 6) is 0.169.